The molecule has 0 bridgehead atoms. The number of ether oxygens (including phenoxy) is 4. The number of aromatic nitrogens is 2. The predicted octanol–water partition coefficient (Wildman–Crippen LogP) is 4.56. The maximum atomic E-state index is 16.3. The minimum absolute atomic E-state index is 0.00465. The first-order chi connectivity index (χ1) is 22.1. The fraction of sp³-hybridized carbons (Fsp3) is 0.345. The lowest BCUT2D eigenvalue weighted by Gasteiger charge is -2.28. The minimum atomic E-state index is -2.46. The number of thioether (sulfide) groups is 1. The number of carbonyl (C=O) groups is 3. The van der Waals surface area contributed by atoms with E-state index >= 15 is 4.39 Å². The molecule has 242 valence electrons. The fourth-order valence-corrected chi connectivity index (χ4v) is 5.19. The summed E-state index contributed by atoms with van der Waals surface area (Å²) in [6, 6.07) is 13.8. The van der Waals surface area contributed by atoms with Crippen LogP contribution in [0.3, 0.4) is 0 Å². The van der Waals surface area contributed by atoms with Crippen LogP contribution in [0.5, 0.6) is 0 Å². The number of methoxy groups -OCH3 is 1. The summed E-state index contributed by atoms with van der Waals surface area (Å²) < 4.78 is 38.5. The van der Waals surface area contributed by atoms with Gasteiger partial charge >= 0.3 is 23.6 Å². The van der Waals surface area contributed by atoms with Crippen LogP contribution >= 0.6 is 23.4 Å². The highest BCUT2D eigenvalue weighted by Crippen LogP contribution is 2.42. The van der Waals surface area contributed by atoms with Crippen LogP contribution in [0.4, 0.5) is 10.2 Å². The molecule has 0 saturated carbocycles. The number of anilines is 1. The molecule has 1 N–H and O–H groups in total. The van der Waals surface area contributed by atoms with Crippen molar-refractivity contribution in [2.24, 2.45) is 5.11 Å². The van der Waals surface area contributed by atoms with Gasteiger partial charge in [0.05, 0.1) is 18.2 Å². The molecule has 5 atom stereocenters. The first-order valence-electron chi connectivity index (χ1n) is 13.6. The highest BCUT2D eigenvalue weighted by Gasteiger charge is 2.60. The molecule has 2 aromatic carbocycles. The van der Waals surface area contributed by atoms with E-state index in [4.69, 9.17) is 30.5 Å². The summed E-state index contributed by atoms with van der Waals surface area (Å²) in [6.45, 7) is -0.913. The van der Waals surface area contributed by atoms with Gasteiger partial charge < -0.3 is 24.3 Å². The van der Waals surface area contributed by atoms with Gasteiger partial charge in [0, 0.05) is 16.1 Å². The van der Waals surface area contributed by atoms with Gasteiger partial charge in [0.25, 0.3) is 0 Å². The summed E-state index contributed by atoms with van der Waals surface area (Å²) in [5.74, 6) is -1.90. The number of hydrogen-bond donors (Lipinski definition) is 1. The van der Waals surface area contributed by atoms with E-state index in [-0.39, 0.29) is 22.0 Å². The number of carbonyl (C=O) groups excluding carboxylic acids is 3. The molecule has 4 rings (SSSR count). The quantitative estimate of drug-likeness (QED) is 0.0881. The summed E-state index contributed by atoms with van der Waals surface area (Å²) in [7, 11) is 1.23. The Bertz CT molecular complexity index is 1680. The van der Waals surface area contributed by atoms with Crippen LogP contribution in [0.15, 0.2) is 76.8 Å². The van der Waals surface area contributed by atoms with E-state index in [9.17, 15) is 24.7 Å². The van der Waals surface area contributed by atoms with Gasteiger partial charge in [0.15, 0.2) is 18.5 Å². The molecule has 0 amide bonds. The molecule has 0 aliphatic carbocycles. The second-order valence-corrected chi connectivity index (χ2v) is 11.2. The van der Waals surface area contributed by atoms with Crippen LogP contribution in [0.1, 0.15) is 33.4 Å². The third-order valence-electron chi connectivity index (χ3n) is 6.78. The molecule has 1 saturated heterocycles. The molecule has 17 heteroatoms. The van der Waals surface area contributed by atoms with Crippen LogP contribution in [-0.4, -0.2) is 77.2 Å². The smallest absolute Gasteiger partial charge is 0.351 e. The molecule has 1 fully saturated rings. The molecule has 2 heterocycles. The Balaban J connectivity index is 1.67. The zero-order valence-electron chi connectivity index (χ0n) is 24.4. The highest BCUT2D eigenvalue weighted by atomic mass is 35.5. The monoisotopic (exact) mass is 674 g/mol. The van der Waals surface area contributed by atoms with Crippen molar-refractivity contribution in [3.8, 4) is 0 Å². The molecule has 0 radical (unpaired) electrons. The van der Waals surface area contributed by atoms with E-state index in [1.807, 2.05) is 6.26 Å². The van der Waals surface area contributed by atoms with Gasteiger partial charge in [0.1, 0.15) is 18.5 Å². The molecule has 0 spiro atoms. The Morgan fingerprint density at radius 1 is 1.20 bits per heavy atom. The van der Waals surface area contributed by atoms with Crippen molar-refractivity contribution in [3.63, 3.8) is 0 Å². The third-order valence-corrected chi connectivity index (χ3v) is 7.66. The molecule has 3 aromatic rings. The Labute approximate surface area is 270 Å². The lowest BCUT2D eigenvalue weighted by Crippen LogP contribution is -2.47. The number of nitrogens with one attached hydrogen (secondary N) is 1. The van der Waals surface area contributed by atoms with Crippen molar-refractivity contribution in [2.45, 2.75) is 36.7 Å². The lowest BCUT2D eigenvalue weighted by molar-refractivity contribution is -0.141. The molecule has 1 aliphatic rings. The largest absolute Gasteiger partial charge is 0.467 e. The van der Waals surface area contributed by atoms with E-state index < -0.39 is 60.5 Å². The number of nitrogens with zero attached hydrogens (tertiary/aromatic N) is 5. The van der Waals surface area contributed by atoms with Crippen molar-refractivity contribution < 1.29 is 37.7 Å². The first kappa shape index (κ1) is 34.2. The summed E-state index contributed by atoms with van der Waals surface area (Å²) in [5.41, 5.74) is 6.04. The van der Waals surface area contributed by atoms with E-state index in [2.05, 4.69) is 20.3 Å². The second kappa shape index (κ2) is 15.6. The Hall–Kier alpha value is -4.63. The maximum Gasteiger partial charge on any atom is 0.351 e. The molecular formula is C29H28ClFN6O8S. The molecule has 14 nitrogen and oxygen atoms in total. The van der Waals surface area contributed by atoms with Crippen molar-refractivity contribution in [1.82, 2.24) is 9.55 Å². The topological polar surface area (TPSA) is 184 Å². The van der Waals surface area contributed by atoms with Gasteiger partial charge in [-0.15, -0.1) is 0 Å². The SMILES string of the molecule is COC(=O)[C@H](CCSC)Nc1ccn(C2O[C@@](COC(=O)c3cccc(Cl)c3)(N=[N+]=[N-])C(OC(=O)c3ccccc3)[C@@H]2F)c(=O)n1. The number of esters is 3. The number of benzene rings is 2. The molecule has 1 aromatic heterocycles. The Morgan fingerprint density at radius 2 is 1.93 bits per heavy atom. The standard InChI is InChI=1S/C29H28ClFN6O8S/c1-42-27(40)20(12-14-46-2)33-21-11-13-37(28(41)34-21)24-22(31)23(44-26(39)17-7-4-3-5-8-17)29(45-24,35-36-32)16-43-25(38)18-9-6-10-19(30)15-18/h3-11,13,15,20,22-24H,12,14,16H2,1-2H3,(H,33,34,41)/t20-,22-,23?,24?,29+/m0/s1. The normalized spacial score (nSPS) is 21.0. The zero-order valence-corrected chi connectivity index (χ0v) is 26.0. The van der Waals surface area contributed by atoms with Crippen LogP contribution in [0, 0.1) is 0 Å². The first-order valence-corrected chi connectivity index (χ1v) is 15.4. The Morgan fingerprint density at radius 3 is 2.59 bits per heavy atom. The van der Waals surface area contributed by atoms with Crippen molar-refractivity contribution in [2.75, 3.05) is 31.0 Å². The molecule has 46 heavy (non-hydrogen) atoms. The second-order valence-electron chi connectivity index (χ2n) is 9.77. The summed E-state index contributed by atoms with van der Waals surface area (Å²) in [6.07, 6.45) is -2.81. The van der Waals surface area contributed by atoms with Crippen molar-refractivity contribution in [1.29, 1.82) is 0 Å². The maximum absolute atomic E-state index is 16.3. The molecule has 1 aliphatic heterocycles. The zero-order chi connectivity index (χ0) is 33.3. The average molecular weight is 675 g/mol. The van der Waals surface area contributed by atoms with E-state index in [0.717, 1.165) is 10.8 Å². The average Bonchev–Trinajstić information content (AvgIpc) is 3.32. The van der Waals surface area contributed by atoms with E-state index in [1.165, 1.54) is 61.3 Å². The third kappa shape index (κ3) is 7.95. The van der Waals surface area contributed by atoms with E-state index in [1.54, 1.807) is 18.2 Å². The van der Waals surface area contributed by atoms with Crippen LogP contribution in [-0.2, 0) is 23.7 Å². The van der Waals surface area contributed by atoms with Crippen LogP contribution in [0.2, 0.25) is 5.02 Å². The number of azide groups is 1. The molecule has 2 unspecified atom stereocenters. The van der Waals surface area contributed by atoms with Gasteiger partial charge in [0.2, 0.25) is 5.72 Å². The van der Waals surface area contributed by atoms with Gasteiger partial charge in [-0.1, -0.05) is 41.0 Å². The molecular weight excluding hydrogens is 647 g/mol. The Kier molecular flexibility index (Phi) is 11.6. The van der Waals surface area contributed by atoms with Crippen molar-refractivity contribution >= 4 is 47.1 Å². The fourth-order valence-electron chi connectivity index (χ4n) is 4.53. The predicted molar refractivity (Wildman–Crippen MR) is 165 cm³/mol. The number of rotatable bonds is 13. The summed E-state index contributed by atoms with van der Waals surface area (Å²) in [5, 5.41) is 6.64. The summed E-state index contributed by atoms with van der Waals surface area (Å²) >= 11 is 7.47. The number of halogens is 2. The van der Waals surface area contributed by atoms with Crippen LogP contribution in [0.25, 0.3) is 10.4 Å². The van der Waals surface area contributed by atoms with Gasteiger partial charge in [-0.05, 0) is 60.4 Å². The minimum Gasteiger partial charge on any atom is -0.467 e. The van der Waals surface area contributed by atoms with Crippen molar-refractivity contribution in [3.05, 3.63) is 104 Å². The van der Waals surface area contributed by atoms with Crippen LogP contribution < -0.4 is 11.0 Å². The van der Waals surface area contributed by atoms with Gasteiger partial charge in [-0.25, -0.2) is 23.6 Å². The van der Waals surface area contributed by atoms with E-state index in [0.29, 0.717) is 12.2 Å². The highest BCUT2D eigenvalue weighted by molar-refractivity contribution is 7.98. The lowest BCUT2D eigenvalue weighted by atomic mass is 10.1. The number of hydrogen-bond acceptors (Lipinski definition) is 12. The number of alkyl halides is 1. The summed E-state index contributed by atoms with van der Waals surface area (Å²) in [4.78, 5) is 57.8. The van der Waals surface area contributed by atoms with Gasteiger partial charge in [-0.3, -0.25) is 4.57 Å². The van der Waals surface area contributed by atoms with Gasteiger partial charge in [-0.2, -0.15) is 16.7 Å².